The molecule has 0 saturated heterocycles. The summed E-state index contributed by atoms with van der Waals surface area (Å²) in [5, 5.41) is 9.06. The maximum Gasteiger partial charge on any atom is 0.263 e. The van der Waals surface area contributed by atoms with E-state index in [1.807, 2.05) is 6.07 Å². The van der Waals surface area contributed by atoms with Crippen LogP contribution in [-0.4, -0.2) is 45.4 Å². The molecule has 9 heteroatoms. The Hall–Kier alpha value is -3.46. The summed E-state index contributed by atoms with van der Waals surface area (Å²) >= 11 is 0. The Morgan fingerprint density at radius 1 is 1.00 bits per heavy atom. The molecule has 0 spiro atoms. The van der Waals surface area contributed by atoms with Crippen molar-refractivity contribution in [2.45, 2.75) is 0 Å². The fourth-order valence-corrected chi connectivity index (χ4v) is 2.11. The van der Waals surface area contributed by atoms with Crippen molar-refractivity contribution in [3.63, 3.8) is 0 Å². The quantitative estimate of drug-likeness (QED) is 0.651. The minimum atomic E-state index is -0.199. The number of rotatable bonds is 7. The third-order valence-corrected chi connectivity index (χ3v) is 3.24. The molecule has 2 heterocycles. The first-order valence-corrected chi connectivity index (χ1v) is 7.72. The highest BCUT2D eigenvalue weighted by molar-refractivity contribution is 5.60. The summed E-state index contributed by atoms with van der Waals surface area (Å²) in [5.74, 6) is 1.63. The minimum absolute atomic E-state index is 0.00776. The molecular formula is C17H17N5O4. The lowest BCUT2D eigenvalue weighted by Crippen LogP contribution is -2.09. The lowest BCUT2D eigenvalue weighted by molar-refractivity contribution is 0.192. The van der Waals surface area contributed by atoms with Crippen LogP contribution >= 0.6 is 0 Å². The van der Waals surface area contributed by atoms with Crippen LogP contribution < -0.4 is 19.9 Å². The Kier molecular flexibility index (Phi) is 5.40. The van der Waals surface area contributed by atoms with Crippen LogP contribution in [0.1, 0.15) is 0 Å². The Balaban J connectivity index is 2.03. The smallest absolute Gasteiger partial charge is 0.263 e. The van der Waals surface area contributed by atoms with Gasteiger partial charge in [-0.15, -0.1) is 0 Å². The molecule has 26 heavy (non-hydrogen) atoms. The average Bonchev–Trinajstić information content (AvgIpc) is 2.69. The molecule has 1 aromatic carbocycles. The van der Waals surface area contributed by atoms with Crippen molar-refractivity contribution in [2.24, 2.45) is 0 Å². The van der Waals surface area contributed by atoms with Gasteiger partial charge in [0.15, 0.2) is 23.1 Å². The topological polar surface area (TPSA) is 126 Å². The van der Waals surface area contributed by atoms with Crippen molar-refractivity contribution in [1.29, 1.82) is 0 Å². The fourth-order valence-electron chi connectivity index (χ4n) is 2.11. The predicted molar refractivity (Wildman–Crippen MR) is 93.1 cm³/mol. The molecule has 0 aliphatic heterocycles. The molecule has 0 saturated carbocycles. The summed E-state index contributed by atoms with van der Waals surface area (Å²) in [6.45, 7) is -0.191. The molecular weight excluding hydrogens is 338 g/mol. The summed E-state index contributed by atoms with van der Waals surface area (Å²) in [6.07, 6.45) is 3.13. The number of aliphatic hydroxyl groups is 1. The van der Waals surface area contributed by atoms with Crippen LogP contribution in [0.15, 0.2) is 42.7 Å². The van der Waals surface area contributed by atoms with Gasteiger partial charge in [0.1, 0.15) is 6.61 Å². The van der Waals surface area contributed by atoms with Crippen LogP contribution in [0.4, 0.5) is 5.82 Å². The number of para-hydroxylation sites is 2. The first kappa shape index (κ1) is 17.4. The highest BCUT2D eigenvalue weighted by atomic mass is 16.5. The van der Waals surface area contributed by atoms with E-state index >= 15 is 0 Å². The Labute approximate surface area is 149 Å². The molecule has 3 rings (SSSR count). The summed E-state index contributed by atoms with van der Waals surface area (Å²) in [5.41, 5.74) is 6.06. The van der Waals surface area contributed by atoms with E-state index in [-0.39, 0.29) is 42.3 Å². The number of anilines is 1. The van der Waals surface area contributed by atoms with Crippen LogP contribution in [0.5, 0.6) is 23.1 Å². The molecule has 0 bridgehead atoms. The number of nitrogens with zero attached hydrogens (tertiary/aromatic N) is 4. The number of benzene rings is 1. The SMILES string of the molecule is COc1ccccc1Oc1c(N)nc(-c2ncccn2)nc1OCCO. The maximum atomic E-state index is 9.06. The summed E-state index contributed by atoms with van der Waals surface area (Å²) in [6, 6.07) is 8.73. The zero-order chi connectivity index (χ0) is 18.4. The second-order valence-corrected chi connectivity index (χ2v) is 4.96. The van der Waals surface area contributed by atoms with Gasteiger partial charge in [-0.1, -0.05) is 12.1 Å². The summed E-state index contributed by atoms with van der Waals surface area (Å²) in [7, 11) is 1.53. The Morgan fingerprint density at radius 3 is 2.42 bits per heavy atom. The van der Waals surface area contributed by atoms with Gasteiger partial charge < -0.3 is 25.1 Å². The van der Waals surface area contributed by atoms with E-state index in [1.54, 1.807) is 36.7 Å². The van der Waals surface area contributed by atoms with Crippen LogP contribution in [0, 0.1) is 0 Å². The second kappa shape index (κ2) is 8.08. The van der Waals surface area contributed by atoms with E-state index in [0.717, 1.165) is 0 Å². The lowest BCUT2D eigenvalue weighted by Gasteiger charge is -2.15. The number of aromatic nitrogens is 4. The molecule has 3 aromatic rings. The van der Waals surface area contributed by atoms with Gasteiger partial charge >= 0.3 is 0 Å². The van der Waals surface area contributed by atoms with Crippen molar-refractivity contribution in [1.82, 2.24) is 19.9 Å². The van der Waals surface area contributed by atoms with Gasteiger partial charge in [0.25, 0.3) is 5.88 Å². The molecule has 0 atom stereocenters. The number of hydrogen-bond acceptors (Lipinski definition) is 9. The summed E-state index contributed by atoms with van der Waals surface area (Å²) in [4.78, 5) is 16.7. The number of hydrogen-bond donors (Lipinski definition) is 2. The highest BCUT2D eigenvalue weighted by Gasteiger charge is 2.19. The third kappa shape index (κ3) is 3.78. The van der Waals surface area contributed by atoms with Crippen molar-refractivity contribution in [3.8, 4) is 34.8 Å². The van der Waals surface area contributed by atoms with Gasteiger partial charge in [0.05, 0.1) is 13.7 Å². The van der Waals surface area contributed by atoms with Crippen LogP contribution in [0.3, 0.4) is 0 Å². The normalized spacial score (nSPS) is 10.4. The molecule has 0 amide bonds. The Morgan fingerprint density at radius 2 is 1.73 bits per heavy atom. The monoisotopic (exact) mass is 355 g/mol. The molecule has 9 nitrogen and oxygen atoms in total. The van der Waals surface area contributed by atoms with E-state index in [4.69, 9.17) is 25.1 Å². The molecule has 0 aliphatic carbocycles. The largest absolute Gasteiger partial charge is 0.493 e. The van der Waals surface area contributed by atoms with Gasteiger partial charge in [0, 0.05) is 12.4 Å². The van der Waals surface area contributed by atoms with Gasteiger partial charge in [0.2, 0.25) is 11.6 Å². The van der Waals surface area contributed by atoms with Gasteiger partial charge in [-0.25, -0.2) is 15.0 Å². The first-order chi connectivity index (χ1) is 12.7. The number of ether oxygens (including phenoxy) is 3. The summed E-state index contributed by atoms with van der Waals surface area (Å²) < 4.78 is 16.6. The molecule has 0 fully saturated rings. The second-order valence-electron chi connectivity index (χ2n) is 4.96. The van der Waals surface area contributed by atoms with Crippen molar-refractivity contribution in [2.75, 3.05) is 26.1 Å². The molecule has 134 valence electrons. The van der Waals surface area contributed by atoms with Crippen LogP contribution in [0.25, 0.3) is 11.6 Å². The minimum Gasteiger partial charge on any atom is -0.493 e. The van der Waals surface area contributed by atoms with Crippen molar-refractivity contribution >= 4 is 5.82 Å². The van der Waals surface area contributed by atoms with E-state index in [2.05, 4.69) is 19.9 Å². The van der Waals surface area contributed by atoms with Gasteiger partial charge in [-0.3, -0.25) is 0 Å². The van der Waals surface area contributed by atoms with E-state index in [1.165, 1.54) is 7.11 Å². The average molecular weight is 355 g/mol. The standard InChI is InChI=1S/C17H17N5O4/c1-24-11-5-2-3-6-12(11)26-13-14(18)21-16(15-19-7-4-8-20-15)22-17(13)25-10-9-23/h2-8,23H,9-10H2,1H3,(H2,18,21,22). The van der Waals surface area contributed by atoms with Crippen molar-refractivity contribution in [3.05, 3.63) is 42.7 Å². The van der Waals surface area contributed by atoms with E-state index in [9.17, 15) is 0 Å². The molecule has 3 N–H and O–H groups in total. The highest BCUT2D eigenvalue weighted by Crippen LogP contribution is 2.39. The van der Waals surface area contributed by atoms with Crippen molar-refractivity contribution < 1.29 is 19.3 Å². The third-order valence-electron chi connectivity index (χ3n) is 3.24. The molecule has 0 aliphatic rings. The predicted octanol–water partition coefficient (Wildman–Crippen LogP) is 1.69. The lowest BCUT2D eigenvalue weighted by atomic mass is 10.3. The van der Waals surface area contributed by atoms with Crippen LogP contribution in [0.2, 0.25) is 0 Å². The fraction of sp³-hybridized carbons (Fsp3) is 0.176. The molecule has 2 aromatic heterocycles. The number of aliphatic hydroxyl groups excluding tert-OH is 1. The molecule has 0 radical (unpaired) electrons. The molecule has 0 unspecified atom stereocenters. The van der Waals surface area contributed by atoms with E-state index in [0.29, 0.717) is 11.5 Å². The maximum absolute atomic E-state index is 9.06. The zero-order valence-corrected chi connectivity index (χ0v) is 14.0. The first-order valence-electron chi connectivity index (χ1n) is 7.72. The number of nitrogens with two attached hydrogens (primary N) is 1. The Bertz CT molecular complexity index is 876. The number of nitrogen functional groups attached to an aromatic ring is 1. The van der Waals surface area contributed by atoms with Gasteiger partial charge in [-0.05, 0) is 18.2 Å². The van der Waals surface area contributed by atoms with Crippen LogP contribution in [-0.2, 0) is 0 Å². The van der Waals surface area contributed by atoms with E-state index < -0.39 is 0 Å². The zero-order valence-electron chi connectivity index (χ0n) is 14.0. The number of methoxy groups -OCH3 is 1. The van der Waals surface area contributed by atoms with Gasteiger partial charge in [-0.2, -0.15) is 4.98 Å².